The Morgan fingerprint density at radius 1 is 0.938 bits per heavy atom. The third-order valence-electron chi connectivity index (χ3n) is 5.25. The summed E-state index contributed by atoms with van der Waals surface area (Å²) in [5, 5.41) is 0. The molecule has 2 saturated carbocycles. The van der Waals surface area contributed by atoms with Gasteiger partial charge in [0.2, 0.25) is 0 Å². The van der Waals surface area contributed by atoms with Crippen LogP contribution in [0.15, 0.2) is 0 Å². The van der Waals surface area contributed by atoms with Crippen molar-refractivity contribution >= 4 is 0 Å². The van der Waals surface area contributed by atoms with Gasteiger partial charge in [0.25, 0.3) is 0 Å². The van der Waals surface area contributed by atoms with E-state index < -0.39 is 0 Å². The summed E-state index contributed by atoms with van der Waals surface area (Å²) in [6.07, 6.45) is 6.13. The summed E-state index contributed by atoms with van der Waals surface area (Å²) in [6.45, 7) is 9.90. The molecule has 0 aromatic rings. The van der Waals surface area contributed by atoms with Crippen LogP contribution in [0.3, 0.4) is 0 Å². The highest BCUT2D eigenvalue weighted by molar-refractivity contribution is 4.96. The van der Waals surface area contributed by atoms with Crippen LogP contribution >= 0.6 is 0 Å². The normalized spacial score (nSPS) is 41.1. The zero-order valence-corrected chi connectivity index (χ0v) is 10.9. The van der Waals surface area contributed by atoms with E-state index in [0.717, 1.165) is 23.9 Å². The zero-order chi connectivity index (χ0) is 11.1. The Labute approximate surface area is 100.0 Å². The van der Waals surface area contributed by atoms with Gasteiger partial charge >= 0.3 is 0 Å². The van der Waals surface area contributed by atoms with E-state index in [1.165, 1.54) is 45.4 Å². The number of piperazine rings is 1. The van der Waals surface area contributed by atoms with E-state index in [4.69, 9.17) is 0 Å². The Morgan fingerprint density at radius 2 is 1.69 bits per heavy atom. The molecule has 3 aliphatic rings. The number of hydrogen-bond acceptors (Lipinski definition) is 2. The van der Waals surface area contributed by atoms with Crippen LogP contribution in [0.1, 0.15) is 39.5 Å². The minimum atomic E-state index is 0.738. The minimum Gasteiger partial charge on any atom is -0.298 e. The molecule has 1 aliphatic heterocycles. The quantitative estimate of drug-likeness (QED) is 0.707. The maximum absolute atomic E-state index is 2.81. The van der Waals surface area contributed by atoms with Gasteiger partial charge in [0.15, 0.2) is 0 Å². The van der Waals surface area contributed by atoms with Gasteiger partial charge in [-0.15, -0.1) is 0 Å². The van der Waals surface area contributed by atoms with Gasteiger partial charge in [-0.3, -0.25) is 9.80 Å². The lowest BCUT2D eigenvalue weighted by Crippen LogP contribution is -2.53. The standard InChI is InChI=1S/C14H26N2/c1-11(2)15-5-7-16(8-6-15)14-10-12-3-4-13(14)9-12/h11-14H,3-10H2,1-2H3/t12-,13-,14+/m1/s1. The molecular weight excluding hydrogens is 196 g/mol. The molecule has 2 heteroatoms. The van der Waals surface area contributed by atoms with Crippen LogP contribution in [-0.4, -0.2) is 48.1 Å². The summed E-state index contributed by atoms with van der Waals surface area (Å²) < 4.78 is 0. The molecule has 0 spiro atoms. The maximum Gasteiger partial charge on any atom is 0.0127 e. The van der Waals surface area contributed by atoms with Crippen LogP contribution in [0.5, 0.6) is 0 Å². The lowest BCUT2D eigenvalue weighted by atomic mass is 9.93. The molecule has 1 heterocycles. The van der Waals surface area contributed by atoms with Gasteiger partial charge in [0, 0.05) is 38.3 Å². The highest BCUT2D eigenvalue weighted by Gasteiger charge is 2.42. The molecule has 3 atom stereocenters. The highest BCUT2D eigenvalue weighted by Crippen LogP contribution is 2.46. The molecule has 0 amide bonds. The maximum atomic E-state index is 2.81. The molecular formula is C14H26N2. The van der Waals surface area contributed by atoms with Gasteiger partial charge in [-0.1, -0.05) is 6.42 Å². The molecule has 2 aliphatic carbocycles. The van der Waals surface area contributed by atoms with E-state index in [-0.39, 0.29) is 0 Å². The number of hydrogen-bond donors (Lipinski definition) is 0. The second kappa shape index (κ2) is 4.30. The van der Waals surface area contributed by atoms with Gasteiger partial charge in [-0.05, 0) is 44.9 Å². The number of rotatable bonds is 2. The van der Waals surface area contributed by atoms with Crippen LogP contribution in [0.2, 0.25) is 0 Å². The molecule has 0 aromatic heterocycles. The van der Waals surface area contributed by atoms with Crippen molar-refractivity contribution in [1.82, 2.24) is 9.80 Å². The summed E-state index contributed by atoms with van der Waals surface area (Å²) in [5.41, 5.74) is 0. The predicted octanol–water partition coefficient (Wildman–Crippen LogP) is 2.20. The lowest BCUT2D eigenvalue weighted by molar-refractivity contribution is 0.0577. The Hall–Kier alpha value is -0.0800. The second-order valence-electron chi connectivity index (χ2n) is 6.41. The predicted molar refractivity (Wildman–Crippen MR) is 67.5 cm³/mol. The van der Waals surface area contributed by atoms with Gasteiger partial charge < -0.3 is 0 Å². The van der Waals surface area contributed by atoms with E-state index >= 15 is 0 Å². The van der Waals surface area contributed by atoms with Crippen molar-refractivity contribution in [2.45, 2.75) is 51.6 Å². The van der Waals surface area contributed by atoms with Gasteiger partial charge in [-0.25, -0.2) is 0 Å². The first-order valence-corrected chi connectivity index (χ1v) is 7.22. The fourth-order valence-electron chi connectivity index (χ4n) is 4.24. The Kier molecular flexibility index (Phi) is 2.97. The molecule has 92 valence electrons. The monoisotopic (exact) mass is 222 g/mol. The summed E-state index contributed by atoms with van der Waals surface area (Å²) in [6, 6.07) is 1.70. The van der Waals surface area contributed by atoms with Crippen molar-refractivity contribution in [2.75, 3.05) is 26.2 Å². The van der Waals surface area contributed by atoms with Gasteiger partial charge in [0.05, 0.1) is 0 Å². The van der Waals surface area contributed by atoms with Crippen molar-refractivity contribution in [2.24, 2.45) is 11.8 Å². The lowest BCUT2D eigenvalue weighted by Gasteiger charge is -2.42. The van der Waals surface area contributed by atoms with E-state index in [1.807, 2.05) is 0 Å². The summed E-state index contributed by atoms with van der Waals surface area (Å²) >= 11 is 0. The van der Waals surface area contributed by atoms with Gasteiger partial charge in [-0.2, -0.15) is 0 Å². The number of nitrogens with zero attached hydrogens (tertiary/aromatic N) is 2. The molecule has 2 bridgehead atoms. The first-order valence-electron chi connectivity index (χ1n) is 7.22. The smallest absolute Gasteiger partial charge is 0.0127 e. The molecule has 0 N–H and O–H groups in total. The second-order valence-corrected chi connectivity index (χ2v) is 6.41. The molecule has 3 fully saturated rings. The molecule has 0 aromatic carbocycles. The van der Waals surface area contributed by atoms with Crippen LogP contribution in [0.25, 0.3) is 0 Å². The summed E-state index contributed by atoms with van der Waals surface area (Å²) in [5.74, 6) is 2.16. The Bertz CT molecular complexity index is 243. The van der Waals surface area contributed by atoms with E-state index in [2.05, 4.69) is 23.6 Å². The molecule has 16 heavy (non-hydrogen) atoms. The molecule has 2 nitrogen and oxygen atoms in total. The fraction of sp³-hybridized carbons (Fsp3) is 1.00. The SMILES string of the molecule is CC(C)N1CCN([C@H]2C[C@@H]3CC[C@@H]2C3)CC1. The molecule has 3 rings (SSSR count). The minimum absolute atomic E-state index is 0.738. The van der Waals surface area contributed by atoms with Gasteiger partial charge in [0.1, 0.15) is 0 Å². The van der Waals surface area contributed by atoms with Crippen LogP contribution in [0.4, 0.5) is 0 Å². The van der Waals surface area contributed by atoms with Crippen molar-refractivity contribution < 1.29 is 0 Å². The largest absolute Gasteiger partial charge is 0.298 e. The van der Waals surface area contributed by atoms with Crippen molar-refractivity contribution in [1.29, 1.82) is 0 Å². The van der Waals surface area contributed by atoms with E-state index in [0.29, 0.717) is 0 Å². The topological polar surface area (TPSA) is 6.48 Å². The average molecular weight is 222 g/mol. The van der Waals surface area contributed by atoms with E-state index in [1.54, 1.807) is 6.42 Å². The summed E-state index contributed by atoms with van der Waals surface area (Å²) in [7, 11) is 0. The Balaban J connectivity index is 1.54. The van der Waals surface area contributed by atoms with E-state index in [9.17, 15) is 0 Å². The average Bonchev–Trinajstić information content (AvgIpc) is 2.91. The third-order valence-corrected chi connectivity index (χ3v) is 5.25. The first-order chi connectivity index (χ1) is 7.74. The molecule has 0 radical (unpaired) electrons. The zero-order valence-electron chi connectivity index (χ0n) is 10.9. The molecule has 1 saturated heterocycles. The van der Waals surface area contributed by atoms with Crippen molar-refractivity contribution in [3.8, 4) is 0 Å². The Morgan fingerprint density at radius 3 is 2.19 bits per heavy atom. The van der Waals surface area contributed by atoms with Crippen LogP contribution in [0, 0.1) is 11.8 Å². The van der Waals surface area contributed by atoms with Crippen molar-refractivity contribution in [3.05, 3.63) is 0 Å². The number of fused-ring (bicyclic) bond motifs is 2. The molecule has 0 unspecified atom stereocenters. The van der Waals surface area contributed by atoms with Crippen LogP contribution in [-0.2, 0) is 0 Å². The first kappa shape index (κ1) is 11.0. The summed E-state index contributed by atoms with van der Waals surface area (Å²) in [4.78, 5) is 5.44. The highest BCUT2D eigenvalue weighted by atomic mass is 15.3. The third kappa shape index (κ3) is 1.91. The fourth-order valence-corrected chi connectivity index (χ4v) is 4.24. The van der Waals surface area contributed by atoms with Crippen molar-refractivity contribution in [3.63, 3.8) is 0 Å². The van der Waals surface area contributed by atoms with Crippen LogP contribution < -0.4 is 0 Å².